The zero-order valence-corrected chi connectivity index (χ0v) is 12.7. The summed E-state index contributed by atoms with van der Waals surface area (Å²) in [5.74, 6) is 0.348. The number of carbonyl (C=O) groups is 1. The van der Waals surface area contributed by atoms with Crippen LogP contribution in [0.3, 0.4) is 0 Å². The van der Waals surface area contributed by atoms with Crippen LogP contribution in [0.5, 0.6) is 0 Å². The number of carbonyl (C=O) groups excluding carboxylic acids is 1. The fourth-order valence-corrected chi connectivity index (χ4v) is 2.02. The SMILES string of the molecule is CCCC(C)COC(C)C(=O)Nc1ccccc1CN. The Kier molecular flexibility index (Phi) is 7.26. The molecule has 0 aliphatic heterocycles. The maximum absolute atomic E-state index is 12.1. The van der Waals surface area contributed by atoms with Gasteiger partial charge in [-0.1, -0.05) is 38.5 Å². The monoisotopic (exact) mass is 278 g/mol. The molecule has 112 valence electrons. The van der Waals surface area contributed by atoms with Crippen molar-refractivity contribution < 1.29 is 9.53 Å². The average Bonchev–Trinajstić information content (AvgIpc) is 2.45. The lowest BCUT2D eigenvalue weighted by Crippen LogP contribution is -2.29. The summed E-state index contributed by atoms with van der Waals surface area (Å²) in [5.41, 5.74) is 7.34. The smallest absolute Gasteiger partial charge is 0.253 e. The second-order valence-corrected chi connectivity index (χ2v) is 5.22. The molecular weight excluding hydrogens is 252 g/mol. The number of ether oxygens (including phenoxy) is 1. The molecule has 1 rings (SSSR count). The Morgan fingerprint density at radius 2 is 2.05 bits per heavy atom. The van der Waals surface area contributed by atoms with Gasteiger partial charge in [0.15, 0.2) is 0 Å². The molecule has 0 spiro atoms. The molecule has 0 aromatic heterocycles. The maximum Gasteiger partial charge on any atom is 0.253 e. The van der Waals surface area contributed by atoms with Gasteiger partial charge in [-0.05, 0) is 30.9 Å². The number of benzene rings is 1. The minimum absolute atomic E-state index is 0.130. The average molecular weight is 278 g/mol. The first-order valence-corrected chi connectivity index (χ1v) is 7.28. The van der Waals surface area contributed by atoms with Gasteiger partial charge in [0, 0.05) is 12.2 Å². The molecule has 0 aliphatic rings. The van der Waals surface area contributed by atoms with Crippen LogP contribution < -0.4 is 11.1 Å². The molecule has 20 heavy (non-hydrogen) atoms. The van der Waals surface area contributed by atoms with Crippen LogP contribution in [0.2, 0.25) is 0 Å². The Hall–Kier alpha value is -1.39. The number of rotatable bonds is 8. The number of nitrogens with one attached hydrogen (secondary N) is 1. The van der Waals surface area contributed by atoms with Gasteiger partial charge in [0.1, 0.15) is 6.10 Å². The third-order valence-electron chi connectivity index (χ3n) is 3.28. The number of hydrogen-bond acceptors (Lipinski definition) is 3. The minimum atomic E-state index is -0.458. The highest BCUT2D eigenvalue weighted by Gasteiger charge is 2.15. The Bertz CT molecular complexity index is 421. The van der Waals surface area contributed by atoms with Gasteiger partial charge in [-0.2, -0.15) is 0 Å². The molecule has 0 radical (unpaired) electrons. The summed E-state index contributed by atoms with van der Waals surface area (Å²) in [4.78, 5) is 12.1. The quantitative estimate of drug-likeness (QED) is 0.768. The molecule has 4 heteroatoms. The molecule has 2 atom stereocenters. The van der Waals surface area contributed by atoms with Gasteiger partial charge in [-0.15, -0.1) is 0 Å². The van der Waals surface area contributed by atoms with Crippen molar-refractivity contribution in [2.75, 3.05) is 11.9 Å². The fourth-order valence-electron chi connectivity index (χ4n) is 2.02. The molecule has 0 saturated heterocycles. The molecule has 0 heterocycles. The van der Waals surface area contributed by atoms with Crippen molar-refractivity contribution in [3.63, 3.8) is 0 Å². The van der Waals surface area contributed by atoms with Crippen LogP contribution in [0, 0.1) is 5.92 Å². The van der Waals surface area contributed by atoms with E-state index in [-0.39, 0.29) is 5.91 Å². The van der Waals surface area contributed by atoms with E-state index in [9.17, 15) is 4.79 Å². The predicted octanol–water partition coefficient (Wildman–Crippen LogP) is 2.93. The van der Waals surface area contributed by atoms with E-state index in [0.717, 1.165) is 24.1 Å². The van der Waals surface area contributed by atoms with E-state index < -0.39 is 6.10 Å². The van der Waals surface area contributed by atoms with Crippen LogP contribution in [0.15, 0.2) is 24.3 Å². The van der Waals surface area contributed by atoms with E-state index in [1.54, 1.807) is 6.92 Å². The lowest BCUT2D eigenvalue weighted by atomic mass is 10.1. The van der Waals surface area contributed by atoms with Crippen molar-refractivity contribution in [3.8, 4) is 0 Å². The molecule has 1 amide bonds. The summed E-state index contributed by atoms with van der Waals surface area (Å²) >= 11 is 0. The van der Waals surface area contributed by atoms with Gasteiger partial charge in [-0.3, -0.25) is 4.79 Å². The molecule has 0 fully saturated rings. The fraction of sp³-hybridized carbons (Fsp3) is 0.562. The Morgan fingerprint density at radius 3 is 2.70 bits per heavy atom. The number of amides is 1. The zero-order chi connectivity index (χ0) is 15.0. The van der Waals surface area contributed by atoms with Gasteiger partial charge < -0.3 is 15.8 Å². The van der Waals surface area contributed by atoms with Crippen LogP contribution in [-0.2, 0) is 16.1 Å². The lowest BCUT2D eigenvalue weighted by molar-refractivity contribution is -0.127. The van der Waals surface area contributed by atoms with Crippen molar-refractivity contribution in [1.29, 1.82) is 0 Å². The molecule has 3 N–H and O–H groups in total. The summed E-state index contributed by atoms with van der Waals surface area (Å²) in [6.45, 7) is 7.08. The van der Waals surface area contributed by atoms with Gasteiger partial charge in [0.25, 0.3) is 5.91 Å². The summed E-state index contributed by atoms with van der Waals surface area (Å²) in [6.07, 6.45) is 1.79. The van der Waals surface area contributed by atoms with E-state index >= 15 is 0 Å². The summed E-state index contributed by atoms with van der Waals surface area (Å²) < 4.78 is 5.62. The van der Waals surface area contributed by atoms with E-state index in [4.69, 9.17) is 10.5 Å². The molecule has 0 saturated carbocycles. The Labute approximate surface area is 121 Å². The van der Waals surface area contributed by atoms with Crippen molar-refractivity contribution >= 4 is 11.6 Å². The molecule has 1 aromatic rings. The Morgan fingerprint density at radius 1 is 1.35 bits per heavy atom. The molecule has 0 aliphatic carbocycles. The molecule has 1 aromatic carbocycles. The molecular formula is C16H26N2O2. The van der Waals surface area contributed by atoms with E-state index in [0.29, 0.717) is 19.1 Å². The van der Waals surface area contributed by atoms with Gasteiger partial charge in [-0.25, -0.2) is 0 Å². The number of nitrogens with two attached hydrogens (primary N) is 1. The van der Waals surface area contributed by atoms with E-state index in [2.05, 4.69) is 19.2 Å². The van der Waals surface area contributed by atoms with Gasteiger partial charge in [0.2, 0.25) is 0 Å². The predicted molar refractivity (Wildman–Crippen MR) is 82.4 cm³/mol. The van der Waals surface area contributed by atoms with Crippen LogP contribution in [0.25, 0.3) is 0 Å². The summed E-state index contributed by atoms with van der Waals surface area (Å²) in [7, 11) is 0. The van der Waals surface area contributed by atoms with Crippen LogP contribution in [0.1, 0.15) is 39.2 Å². The molecule has 0 bridgehead atoms. The van der Waals surface area contributed by atoms with Crippen molar-refractivity contribution in [1.82, 2.24) is 0 Å². The standard InChI is InChI=1S/C16H26N2O2/c1-4-7-12(2)11-20-13(3)16(19)18-15-9-6-5-8-14(15)10-17/h5-6,8-9,12-13H,4,7,10-11,17H2,1-3H3,(H,18,19). The summed E-state index contributed by atoms with van der Waals surface area (Å²) in [6, 6.07) is 7.55. The highest BCUT2D eigenvalue weighted by Crippen LogP contribution is 2.15. The second-order valence-electron chi connectivity index (χ2n) is 5.22. The van der Waals surface area contributed by atoms with Crippen molar-refractivity contribution in [2.45, 2.75) is 46.3 Å². The zero-order valence-electron chi connectivity index (χ0n) is 12.7. The van der Waals surface area contributed by atoms with Gasteiger partial charge in [0.05, 0.1) is 6.61 Å². The van der Waals surface area contributed by atoms with Crippen LogP contribution in [-0.4, -0.2) is 18.6 Å². The number of anilines is 1. The van der Waals surface area contributed by atoms with Crippen LogP contribution >= 0.6 is 0 Å². The third-order valence-corrected chi connectivity index (χ3v) is 3.28. The topological polar surface area (TPSA) is 64.3 Å². The first-order chi connectivity index (χ1) is 9.58. The first kappa shape index (κ1) is 16.7. The maximum atomic E-state index is 12.1. The number of hydrogen-bond donors (Lipinski definition) is 2. The van der Waals surface area contributed by atoms with E-state index in [1.807, 2.05) is 24.3 Å². The van der Waals surface area contributed by atoms with Crippen molar-refractivity contribution in [2.24, 2.45) is 11.7 Å². The number of para-hydroxylation sites is 1. The van der Waals surface area contributed by atoms with E-state index in [1.165, 1.54) is 0 Å². The van der Waals surface area contributed by atoms with Crippen molar-refractivity contribution in [3.05, 3.63) is 29.8 Å². The Balaban J connectivity index is 2.49. The minimum Gasteiger partial charge on any atom is -0.368 e. The molecule has 2 unspecified atom stereocenters. The largest absolute Gasteiger partial charge is 0.368 e. The molecule has 4 nitrogen and oxygen atoms in total. The first-order valence-electron chi connectivity index (χ1n) is 7.28. The summed E-state index contributed by atoms with van der Waals surface area (Å²) in [5, 5.41) is 2.87. The lowest BCUT2D eigenvalue weighted by Gasteiger charge is -2.17. The second kappa shape index (κ2) is 8.72. The van der Waals surface area contributed by atoms with Crippen LogP contribution in [0.4, 0.5) is 5.69 Å². The highest BCUT2D eigenvalue weighted by molar-refractivity contribution is 5.94. The normalized spacial score (nSPS) is 13.8. The highest BCUT2D eigenvalue weighted by atomic mass is 16.5. The van der Waals surface area contributed by atoms with Gasteiger partial charge >= 0.3 is 0 Å². The third kappa shape index (κ3) is 5.31.